The fraction of sp³-hybridized carbons (Fsp3) is 0.462. The van der Waals surface area contributed by atoms with Crippen LogP contribution < -0.4 is 20.1 Å². The lowest BCUT2D eigenvalue weighted by Gasteiger charge is -2.24. The van der Waals surface area contributed by atoms with E-state index < -0.39 is 10.0 Å². The molecule has 23 heavy (non-hydrogen) atoms. The number of rotatable bonds is 3. The molecule has 1 atom stereocenters. The summed E-state index contributed by atoms with van der Waals surface area (Å²) < 4.78 is 33.5. The quantitative estimate of drug-likeness (QED) is 0.675. The molecule has 0 bridgehead atoms. The van der Waals surface area contributed by atoms with Crippen molar-refractivity contribution in [1.29, 1.82) is 0 Å². The molecule has 0 saturated carbocycles. The first-order valence-electron chi connectivity index (χ1n) is 6.95. The van der Waals surface area contributed by atoms with Crippen LogP contribution in [-0.4, -0.2) is 40.1 Å². The zero-order chi connectivity index (χ0) is 15.7. The van der Waals surface area contributed by atoms with Crippen LogP contribution in [-0.2, 0) is 14.8 Å². The first-order chi connectivity index (χ1) is 10.5. The average molecular weight is 427 g/mol. The summed E-state index contributed by atoms with van der Waals surface area (Å²) in [6, 6.07) is 2.85. The molecule has 1 unspecified atom stereocenters. The van der Waals surface area contributed by atoms with Crippen LogP contribution in [0, 0.1) is 0 Å². The number of amides is 1. The number of carbonyl (C=O) groups is 1. The molecular formula is C13H17BrClN3O4S. The maximum Gasteiger partial charge on any atom is 0.262 e. The molecule has 2 aliphatic heterocycles. The number of nitrogens with one attached hydrogen (secondary N) is 3. The van der Waals surface area contributed by atoms with Gasteiger partial charge in [0, 0.05) is 23.1 Å². The molecule has 3 rings (SSSR count). The molecule has 0 aromatic heterocycles. The van der Waals surface area contributed by atoms with E-state index in [0.29, 0.717) is 22.5 Å². The predicted molar refractivity (Wildman–Crippen MR) is 91.7 cm³/mol. The summed E-state index contributed by atoms with van der Waals surface area (Å²) in [6.07, 6.45) is 1.75. The first kappa shape index (κ1) is 18.5. The molecule has 1 aromatic rings. The number of ether oxygens (including phenoxy) is 1. The molecule has 0 aliphatic carbocycles. The summed E-state index contributed by atoms with van der Waals surface area (Å²) in [5, 5.41) is 5.81. The Kier molecular flexibility index (Phi) is 5.90. The van der Waals surface area contributed by atoms with Gasteiger partial charge < -0.3 is 15.4 Å². The van der Waals surface area contributed by atoms with E-state index in [1.165, 1.54) is 6.07 Å². The lowest BCUT2D eigenvalue weighted by atomic mass is 10.1. The van der Waals surface area contributed by atoms with Crippen LogP contribution in [0.25, 0.3) is 0 Å². The van der Waals surface area contributed by atoms with Crippen molar-refractivity contribution in [3.63, 3.8) is 0 Å². The van der Waals surface area contributed by atoms with Crippen LogP contribution in [0.3, 0.4) is 0 Å². The second-order valence-corrected chi connectivity index (χ2v) is 7.82. The van der Waals surface area contributed by atoms with E-state index in [1.54, 1.807) is 6.07 Å². The Morgan fingerprint density at radius 3 is 2.83 bits per heavy atom. The van der Waals surface area contributed by atoms with Gasteiger partial charge >= 0.3 is 0 Å². The predicted octanol–water partition coefficient (Wildman–Crippen LogP) is 1.23. The van der Waals surface area contributed by atoms with Gasteiger partial charge in [0.25, 0.3) is 5.91 Å². The molecule has 1 amide bonds. The molecule has 2 heterocycles. The third-order valence-corrected chi connectivity index (χ3v) is 6.05. The monoisotopic (exact) mass is 425 g/mol. The van der Waals surface area contributed by atoms with Gasteiger partial charge in [-0.3, -0.25) is 4.79 Å². The van der Waals surface area contributed by atoms with E-state index >= 15 is 0 Å². The summed E-state index contributed by atoms with van der Waals surface area (Å²) in [4.78, 5) is 11.4. The number of sulfonamides is 1. The standard InChI is InChI=1S/C13H16BrN3O4S.ClH/c14-9-4-10-11(21-7-13(18)16-10)5-12(9)22(19,20)17-8-2-1-3-15-6-8;/h4-5,8,15,17H,1-3,6-7H2,(H,16,18);1H. The zero-order valence-electron chi connectivity index (χ0n) is 12.1. The zero-order valence-corrected chi connectivity index (χ0v) is 15.3. The molecule has 1 fully saturated rings. The molecule has 1 aromatic carbocycles. The highest BCUT2D eigenvalue weighted by atomic mass is 79.9. The molecule has 3 N–H and O–H groups in total. The lowest BCUT2D eigenvalue weighted by molar-refractivity contribution is -0.118. The highest BCUT2D eigenvalue weighted by Crippen LogP contribution is 2.35. The Balaban J connectivity index is 0.00000192. The number of carbonyl (C=O) groups excluding carboxylic acids is 1. The van der Waals surface area contributed by atoms with Crippen molar-refractivity contribution in [1.82, 2.24) is 10.0 Å². The highest BCUT2D eigenvalue weighted by molar-refractivity contribution is 9.10. The normalized spacial score (nSPS) is 20.7. The minimum atomic E-state index is -3.67. The first-order valence-corrected chi connectivity index (χ1v) is 9.22. The largest absolute Gasteiger partial charge is 0.482 e. The number of halogens is 2. The summed E-state index contributed by atoms with van der Waals surface area (Å²) >= 11 is 3.25. The van der Waals surface area contributed by atoms with Crippen LogP contribution in [0.4, 0.5) is 5.69 Å². The third kappa shape index (κ3) is 4.16. The Morgan fingerprint density at radius 1 is 1.35 bits per heavy atom. The minimum Gasteiger partial charge on any atom is -0.482 e. The second kappa shape index (κ2) is 7.35. The average Bonchev–Trinajstić information content (AvgIpc) is 2.46. The van der Waals surface area contributed by atoms with Crippen LogP contribution in [0.2, 0.25) is 0 Å². The Bertz CT molecular complexity index is 707. The number of hydrogen-bond acceptors (Lipinski definition) is 5. The van der Waals surface area contributed by atoms with Crippen molar-refractivity contribution in [2.45, 2.75) is 23.8 Å². The minimum absolute atomic E-state index is 0. The second-order valence-electron chi connectivity index (χ2n) is 5.28. The van der Waals surface area contributed by atoms with Gasteiger partial charge in [0.15, 0.2) is 6.61 Å². The third-order valence-electron chi connectivity index (χ3n) is 3.58. The van der Waals surface area contributed by atoms with Gasteiger partial charge in [-0.05, 0) is 41.4 Å². The fourth-order valence-electron chi connectivity index (χ4n) is 2.52. The topological polar surface area (TPSA) is 96.5 Å². The van der Waals surface area contributed by atoms with Crippen LogP contribution >= 0.6 is 28.3 Å². The molecule has 128 valence electrons. The molecule has 2 aliphatic rings. The van der Waals surface area contributed by atoms with E-state index in [2.05, 4.69) is 31.3 Å². The van der Waals surface area contributed by atoms with Gasteiger partial charge in [-0.2, -0.15) is 0 Å². The van der Waals surface area contributed by atoms with Gasteiger partial charge in [0.05, 0.1) is 5.69 Å². The highest BCUT2D eigenvalue weighted by Gasteiger charge is 2.27. The number of piperidine rings is 1. The maximum absolute atomic E-state index is 12.6. The van der Waals surface area contributed by atoms with Crippen molar-refractivity contribution in [2.75, 3.05) is 25.0 Å². The summed E-state index contributed by atoms with van der Waals surface area (Å²) in [5.41, 5.74) is 0.460. The number of fused-ring (bicyclic) bond motifs is 1. The SMILES string of the molecule is Cl.O=C1COc2cc(S(=O)(=O)NC3CCCNC3)c(Br)cc2N1. The molecule has 10 heteroatoms. The van der Waals surface area contributed by atoms with E-state index in [4.69, 9.17) is 4.74 Å². The maximum atomic E-state index is 12.6. The van der Waals surface area contributed by atoms with E-state index in [1.807, 2.05) is 0 Å². The van der Waals surface area contributed by atoms with Gasteiger partial charge in [0.2, 0.25) is 10.0 Å². The Morgan fingerprint density at radius 2 is 2.13 bits per heavy atom. The molecular weight excluding hydrogens is 410 g/mol. The Hall–Kier alpha value is -0.870. The van der Waals surface area contributed by atoms with Crippen LogP contribution in [0.1, 0.15) is 12.8 Å². The van der Waals surface area contributed by atoms with Crippen LogP contribution in [0.5, 0.6) is 5.75 Å². The van der Waals surface area contributed by atoms with Crippen molar-refractivity contribution in [2.24, 2.45) is 0 Å². The van der Waals surface area contributed by atoms with Crippen molar-refractivity contribution in [3.05, 3.63) is 16.6 Å². The number of benzene rings is 1. The van der Waals surface area contributed by atoms with E-state index in [9.17, 15) is 13.2 Å². The van der Waals surface area contributed by atoms with Crippen molar-refractivity contribution < 1.29 is 17.9 Å². The van der Waals surface area contributed by atoms with Crippen LogP contribution in [0.15, 0.2) is 21.5 Å². The van der Waals surface area contributed by atoms with Crippen molar-refractivity contribution >= 4 is 50.0 Å². The Labute approximate surface area is 149 Å². The molecule has 0 spiro atoms. The van der Waals surface area contributed by atoms with E-state index in [-0.39, 0.29) is 35.9 Å². The smallest absolute Gasteiger partial charge is 0.262 e. The molecule has 0 radical (unpaired) electrons. The lowest BCUT2D eigenvalue weighted by Crippen LogP contribution is -2.45. The van der Waals surface area contributed by atoms with E-state index in [0.717, 1.165) is 19.4 Å². The summed E-state index contributed by atoms with van der Waals surface area (Å²) in [5.74, 6) is 0.0892. The van der Waals surface area contributed by atoms with Crippen molar-refractivity contribution in [3.8, 4) is 5.75 Å². The number of anilines is 1. The van der Waals surface area contributed by atoms with Gasteiger partial charge in [0.1, 0.15) is 10.6 Å². The summed E-state index contributed by atoms with van der Waals surface area (Å²) in [6.45, 7) is 1.41. The summed E-state index contributed by atoms with van der Waals surface area (Å²) in [7, 11) is -3.67. The van der Waals surface area contributed by atoms with Gasteiger partial charge in [-0.25, -0.2) is 13.1 Å². The van der Waals surface area contributed by atoms with Gasteiger partial charge in [-0.1, -0.05) is 0 Å². The fourth-order valence-corrected chi connectivity index (χ4v) is 4.85. The molecule has 7 nitrogen and oxygen atoms in total. The molecule has 1 saturated heterocycles. The number of hydrogen-bond donors (Lipinski definition) is 3. The van der Waals surface area contributed by atoms with Gasteiger partial charge in [-0.15, -0.1) is 12.4 Å².